The van der Waals surface area contributed by atoms with Crippen molar-refractivity contribution >= 4 is 0 Å². The van der Waals surface area contributed by atoms with Gasteiger partial charge in [-0.3, -0.25) is 4.90 Å². The van der Waals surface area contributed by atoms with Gasteiger partial charge in [-0.2, -0.15) is 0 Å². The molecular formula is C14H28N2O. The summed E-state index contributed by atoms with van der Waals surface area (Å²) in [6.45, 7) is 11.0. The van der Waals surface area contributed by atoms with Crippen LogP contribution in [0.1, 0.15) is 46.5 Å². The van der Waals surface area contributed by atoms with Crippen molar-refractivity contribution < 1.29 is 4.74 Å². The highest BCUT2D eigenvalue weighted by molar-refractivity contribution is 4.98. The molecule has 0 amide bonds. The Morgan fingerprint density at radius 3 is 2.71 bits per heavy atom. The van der Waals surface area contributed by atoms with Crippen LogP contribution in [0.5, 0.6) is 0 Å². The van der Waals surface area contributed by atoms with Crippen molar-refractivity contribution in [2.75, 3.05) is 26.2 Å². The minimum Gasteiger partial charge on any atom is -0.378 e. The van der Waals surface area contributed by atoms with Crippen LogP contribution < -0.4 is 5.73 Å². The Kier molecular flexibility index (Phi) is 3.81. The first-order valence-electron chi connectivity index (χ1n) is 7.04. The maximum absolute atomic E-state index is 6.12. The van der Waals surface area contributed by atoms with E-state index in [4.69, 9.17) is 10.5 Å². The van der Waals surface area contributed by atoms with Crippen LogP contribution in [-0.2, 0) is 4.74 Å². The lowest BCUT2D eigenvalue weighted by atomic mass is 9.78. The topological polar surface area (TPSA) is 38.5 Å². The summed E-state index contributed by atoms with van der Waals surface area (Å²) in [6.07, 6.45) is 5.21. The molecule has 2 saturated heterocycles. The van der Waals surface area contributed by atoms with Crippen LogP contribution in [-0.4, -0.2) is 42.8 Å². The molecule has 2 heterocycles. The van der Waals surface area contributed by atoms with Crippen molar-refractivity contribution in [1.82, 2.24) is 4.90 Å². The largest absolute Gasteiger partial charge is 0.378 e. The number of likely N-dealkylation sites (tertiary alicyclic amines) is 1. The van der Waals surface area contributed by atoms with Crippen molar-refractivity contribution in [3.05, 3.63) is 0 Å². The molecule has 0 bridgehead atoms. The summed E-state index contributed by atoms with van der Waals surface area (Å²) in [4.78, 5) is 2.66. The summed E-state index contributed by atoms with van der Waals surface area (Å²) in [7, 11) is 0. The fraction of sp³-hybridized carbons (Fsp3) is 1.00. The first-order chi connectivity index (χ1) is 7.97. The number of nitrogens with zero attached hydrogens (tertiary/aromatic N) is 1. The zero-order chi connectivity index (χ0) is 12.5. The maximum atomic E-state index is 6.12. The van der Waals surface area contributed by atoms with Gasteiger partial charge in [0.15, 0.2) is 0 Å². The highest BCUT2D eigenvalue weighted by Crippen LogP contribution is 2.37. The lowest BCUT2D eigenvalue weighted by Crippen LogP contribution is -2.61. The van der Waals surface area contributed by atoms with E-state index in [2.05, 4.69) is 25.7 Å². The summed E-state index contributed by atoms with van der Waals surface area (Å²) >= 11 is 0. The predicted molar refractivity (Wildman–Crippen MR) is 71.0 cm³/mol. The van der Waals surface area contributed by atoms with Crippen molar-refractivity contribution in [2.24, 2.45) is 11.1 Å². The van der Waals surface area contributed by atoms with E-state index in [1.165, 1.54) is 25.9 Å². The molecule has 0 aromatic heterocycles. The molecule has 0 aromatic rings. The van der Waals surface area contributed by atoms with Gasteiger partial charge in [-0.25, -0.2) is 0 Å². The van der Waals surface area contributed by atoms with Gasteiger partial charge >= 0.3 is 0 Å². The molecule has 100 valence electrons. The van der Waals surface area contributed by atoms with Crippen LogP contribution in [0.2, 0.25) is 0 Å². The molecule has 3 nitrogen and oxygen atoms in total. The van der Waals surface area contributed by atoms with Gasteiger partial charge < -0.3 is 10.5 Å². The van der Waals surface area contributed by atoms with E-state index in [9.17, 15) is 0 Å². The first kappa shape index (κ1) is 13.3. The summed E-state index contributed by atoms with van der Waals surface area (Å²) in [5.41, 5.74) is 6.77. The minimum absolute atomic E-state index is 0.204. The average Bonchev–Trinajstić information content (AvgIpc) is 2.27. The first-order valence-corrected chi connectivity index (χ1v) is 7.04. The lowest BCUT2D eigenvalue weighted by Gasteiger charge is -2.52. The van der Waals surface area contributed by atoms with Crippen LogP contribution in [0.15, 0.2) is 0 Å². The van der Waals surface area contributed by atoms with Crippen LogP contribution in [0.3, 0.4) is 0 Å². The zero-order valence-electron chi connectivity index (χ0n) is 11.7. The second-order valence-corrected chi connectivity index (χ2v) is 6.75. The Balaban J connectivity index is 2.11. The van der Waals surface area contributed by atoms with Gasteiger partial charge in [0, 0.05) is 25.2 Å². The molecule has 3 heteroatoms. The van der Waals surface area contributed by atoms with Crippen LogP contribution in [0.25, 0.3) is 0 Å². The molecule has 0 saturated carbocycles. The van der Waals surface area contributed by atoms with E-state index < -0.39 is 0 Å². The number of hydrogen-bond acceptors (Lipinski definition) is 3. The maximum Gasteiger partial charge on any atom is 0.0565 e. The van der Waals surface area contributed by atoms with E-state index in [1.807, 2.05) is 0 Å². The Morgan fingerprint density at radius 2 is 2.12 bits per heavy atom. The smallest absolute Gasteiger partial charge is 0.0565 e. The minimum atomic E-state index is 0.204. The zero-order valence-corrected chi connectivity index (χ0v) is 11.7. The van der Waals surface area contributed by atoms with Crippen molar-refractivity contribution in [1.29, 1.82) is 0 Å². The van der Waals surface area contributed by atoms with Gasteiger partial charge in [0.1, 0.15) is 0 Å². The third kappa shape index (κ3) is 2.83. The van der Waals surface area contributed by atoms with E-state index >= 15 is 0 Å². The molecule has 2 aliphatic rings. The van der Waals surface area contributed by atoms with Gasteiger partial charge in [-0.1, -0.05) is 13.8 Å². The quantitative estimate of drug-likeness (QED) is 0.802. The van der Waals surface area contributed by atoms with E-state index in [1.54, 1.807) is 0 Å². The van der Waals surface area contributed by atoms with Crippen LogP contribution in [0, 0.1) is 5.41 Å². The third-order valence-corrected chi connectivity index (χ3v) is 4.59. The number of hydrogen-bond donors (Lipinski definition) is 1. The Labute approximate surface area is 106 Å². The molecule has 0 radical (unpaired) electrons. The predicted octanol–water partition coefficient (Wildman–Crippen LogP) is 2.00. The normalized spacial score (nSPS) is 39.2. The molecule has 0 aliphatic carbocycles. The lowest BCUT2D eigenvalue weighted by molar-refractivity contribution is -0.0825. The fourth-order valence-corrected chi connectivity index (χ4v) is 3.58. The molecule has 2 aliphatic heterocycles. The van der Waals surface area contributed by atoms with Crippen molar-refractivity contribution in [2.45, 2.75) is 58.1 Å². The number of rotatable bonds is 2. The standard InChI is InChI=1S/C14H28N2O/c1-12-9-14(10-15,6-8-17-12)16-7-4-5-13(2,3)11-16/h12H,4-11,15H2,1-3H3. The van der Waals surface area contributed by atoms with E-state index in [0.29, 0.717) is 11.5 Å². The van der Waals surface area contributed by atoms with E-state index in [-0.39, 0.29) is 5.54 Å². The monoisotopic (exact) mass is 240 g/mol. The van der Waals surface area contributed by atoms with Crippen LogP contribution in [0.4, 0.5) is 0 Å². The SMILES string of the molecule is CC1CC(CN)(N2CCCC(C)(C)C2)CCO1. The molecule has 17 heavy (non-hydrogen) atoms. The Bertz CT molecular complexity index is 267. The van der Waals surface area contributed by atoms with Crippen molar-refractivity contribution in [3.63, 3.8) is 0 Å². The summed E-state index contributed by atoms with van der Waals surface area (Å²) in [5, 5.41) is 0. The Morgan fingerprint density at radius 1 is 1.35 bits per heavy atom. The second kappa shape index (κ2) is 4.87. The highest BCUT2D eigenvalue weighted by Gasteiger charge is 2.42. The number of piperidine rings is 1. The molecular weight excluding hydrogens is 212 g/mol. The van der Waals surface area contributed by atoms with Gasteiger partial charge in [0.2, 0.25) is 0 Å². The highest BCUT2D eigenvalue weighted by atomic mass is 16.5. The number of ether oxygens (including phenoxy) is 1. The summed E-state index contributed by atoms with van der Waals surface area (Å²) in [5.74, 6) is 0. The molecule has 2 N–H and O–H groups in total. The van der Waals surface area contributed by atoms with Gasteiger partial charge in [-0.15, -0.1) is 0 Å². The molecule has 0 aromatic carbocycles. The third-order valence-electron chi connectivity index (χ3n) is 4.59. The fourth-order valence-electron chi connectivity index (χ4n) is 3.58. The van der Waals surface area contributed by atoms with Crippen molar-refractivity contribution in [3.8, 4) is 0 Å². The van der Waals surface area contributed by atoms with Crippen LogP contribution >= 0.6 is 0 Å². The van der Waals surface area contributed by atoms with E-state index in [0.717, 1.165) is 26.0 Å². The van der Waals surface area contributed by atoms with Gasteiger partial charge in [0.05, 0.1) is 6.10 Å². The molecule has 2 unspecified atom stereocenters. The molecule has 2 atom stereocenters. The average molecular weight is 240 g/mol. The summed E-state index contributed by atoms with van der Waals surface area (Å²) < 4.78 is 5.70. The van der Waals surface area contributed by atoms with Gasteiger partial charge in [0.25, 0.3) is 0 Å². The van der Waals surface area contributed by atoms with Gasteiger partial charge in [-0.05, 0) is 44.6 Å². The molecule has 2 fully saturated rings. The Hall–Kier alpha value is -0.120. The molecule has 2 rings (SSSR count). The summed E-state index contributed by atoms with van der Waals surface area (Å²) in [6, 6.07) is 0. The molecule has 0 spiro atoms. The number of nitrogens with two attached hydrogens (primary N) is 1. The second-order valence-electron chi connectivity index (χ2n) is 6.75.